The van der Waals surface area contributed by atoms with Gasteiger partial charge in [-0.05, 0) is 25.8 Å². The topological polar surface area (TPSA) is 12.0 Å². The average molecular weight is 155 g/mol. The lowest BCUT2D eigenvalue weighted by Gasteiger charge is -2.21. The lowest BCUT2D eigenvalue weighted by molar-refractivity contribution is 0.376. The summed E-state index contributed by atoms with van der Waals surface area (Å²) in [5.41, 5.74) is 0. The van der Waals surface area contributed by atoms with Crippen molar-refractivity contribution in [1.82, 2.24) is 5.32 Å². The molecule has 0 aromatic rings. The normalized spacial score (nSPS) is 15.9. The van der Waals surface area contributed by atoms with Gasteiger partial charge in [-0.1, -0.05) is 26.3 Å². The predicted octanol–water partition coefficient (Wildman–Crippen LogP) is 2.59. The Morgan fingerprint density at radius 3 is 2.55 bits per heavy atom. The lowest BCUT2D eigenvalue weighted by atomic mass is 9.95. The van der Waals surface area contributed by atoms with Crippen LogP contribution in [0.4, 0.5) is 0 Å². The van der Waals surface area contributed by atoms with Crippen LogP contribution in [0.15, 0.2) is 12.7 Å². The number of hydrogen-bond acceptors (Lipinski definition) is 1. The Labute approximate surface area is 70.9 Å². The van der Waals surface area contributed by atoms with Crippen molar-refractivity contribution >= 4 is 0 Å². The van der Waals surface area contributed by atoms with Crippen LogP contribution in [0.3, 0.4) is 0 Å². The van der Waals surface area contributed by atoms with Gasteiger partial charge in [0.05, 0.1) is 0 Å². The van der Waals surface area contributed by atoms with Crippen molar-refractivity contribution in [2.24, 2.45) is 5.92 Å². The van der Waals surface area contributed by atoms with E-state index in [4.69, 9.17) is 0 Å². The van der Waals surface area contributed by atoms with Crippen molar-refractivity contribution in [1.29, 1.82) is 0 Å². The maximum atomic E-state index is 3.75. The summed E-state index contributed by atoms with van der Waals surface area (Å²) in [6.45, 7) is 8.28. The van der Waals surface area contributed by atoms with E-state index in [1.807, 2.05) is 13.1 Å². The third kappa shape index (κ3) is 4.20. The maximum absolute atomic E-state index is 3.75. The fourth-order valence-electron chi connectivity index (χ4n) is 1.47. The molecule has 0 fully saturated rings. The van der Waals surface area contributed by atoms with Crippen LogP contribution in [0.2, 0.25) is 0 Å². The number of rotatable bonds is 6. The van der Waals surface area contributed by atoms with Gasteiger partial charge in [-0.15, -0.1) is 6.58 Å². The highest BCUT2D eigenvalue weighted by atomic mass is 14.9. The van der Waals surface area contributed by atoms with Gasteiger partial charge in [0.15, 0.2) is 0 Å². The molecule has 1 heteroatoms. The van der Waals surface area contributed by atoms with Gasteiger partial charge in [0.2, 0.25) is 0 Å². The Hall–Kier alpha value is -0.300. The minimum absolute atomic E-state index is 0.618. The smallest absolute Gasteiger partial charge is 0.0124 e. The quantitative estimate of drug-likeness (QED) is 0.581. The SMILES string of the molecule is C=CCC(NC)C(C)CCC. The molecule has 0 aliphatic rings. The molecule has 0 amide bonds. The standard InChI is InChI=1S/C10H21N/c1-5-7-9(3)10(11-4)8-6-2/h6,9-11H,2,5,7-8H2,1,3-4H3. The van der Waals surface area contributed by atoms with Crippen molar-refractivity contribution < 1.29 is 0 Å². The van der Waals surface area contributed by atoms with E-state index in [1.165, 1.54) is 12.8 Å². The lowest BCUT2D eigenvalue weighted by Crippen LogP contribution is -2.31. The summed E-state index contributed by atoms with van der Waals surface area (Å²) in [5, 5.41) is 3.32. The first-order valence-electron chi connectivity index (χ1n) is 4.54. The summed E-state index contributed by atoms with van der Waals surface area (Å²) in [6, 6.07) is 0.618. The zero-order valence-electron chi connectivity index (χ0n) is 8.06. The van der Waals surface area contributed by atoms with Gasteiger partial charge in [0.25, 0.3) is 0 Å². The Bertz CT molecular complexity index is 99.0. The Kier molecular flexibility index (Phi) is 6.24. The van der Waals surface area contributed by atoms with Crippen LogP contribution in [-0.2, 0) is 0 Å². The summed E-state index contributed by atoms with van der Waals surface area (Å²) in [6.07, 6.45) is 5.65. The summed E-state index contributed by atoms with van der Waals surface area (Å²) >= 11 is 0. The maximum Gasteiger partial charge on any atom is 0.0124 e. The molecule has 0 heterocycles. The van der Waals surface area contributed by atoms with Gasteiger partial charge in [-0.2, -0.15) is 0 Å². The number of hydrogen-bond donors (Lipinski definition) is 1. The minimum Gasteiger partial charge on any atom is -0.316 e. The molecule has 0 aromatic heterocycles. The fourth-order valence-corrected chi connectivity index (χ4v) is 1.47. The second-order valence-corrected chi connectivity index (χ2v) is 3.19. The molecule has 2 atom stereocenters. The molecule has 66 valence electrons. The summed E-state index contributed by atoms with van der Waals surface area (Å²) < 4.78 is 0. The first kappa shape index (κ1) is 10.7. The molecule has 0 aromatic carbocycles. The highest BCUT2D eigenvalue weighted by molar-refractivity contribution is 4.80. The predicted molar refractivity (Wildman–Crippen MR) is 51.7 cm³/mol. The van der Waals surface area contributed by atoms with Crippen molar-refractivity contribution in [3.63, 3.8) is 0 Å². The average Bonchev–Trinajstić information content (AvgIpc) is 2.00. The summed E-state index contributed by atoms with van der Waals surface area (Å²) in [7, 11) is 2.03. The van der Waals surface area contributed by atoms with E-state index >= 15 is 0 Å². The molecule has 0 rings (SSSR count). The van der Waals surface area contributed by atoms with Crippen molar-refractivity contribution in [2.45, 2.75) is 39.2 Å². The van der Waals surface area contributed by atoms with Crippen LogP contribution in [0.25, 0.3) is 0 Å². The Balaban J connectivity index is 3.70. The van der Waals surface area contributed by atoms with Gasteiger partial charge in [-0.25, -0.2) is 0 Å². The van der Waals surface area contributed by atoms with Gasteiger partial charge in [0.1, 0.15) is 0 Å². The molecule has 0 aliphatic carbocycles. The van der Waals surface area contributed by atoms with E-state index < -0.39 is 0 Å². The van der Waals surface area contributed by atoms with Crippen LogP contribution in [-0.4, -0.2) is 13.1 Å². The summed E-state index contributed by atoms with van der Waals surface area (Å²) in [5.74, 6) is 0.767. The minimum atomic E-state index is 0.618. The van der Waals surface area contributed by atoms with E-state index in [-0.39, 0.29) is 0 Å². The highest BCUT2D eigenvalue weighted by Crippen LogP contribution is 2.13. The van der Waals surface area contributed by atoms with Crippen LogP contribution in [0.5, 0.6) is 0 Å². The van der Waals surface area contributed by atoms with Crippen LogP contribution in [0.1, 0.15) is 33.1 Å². The van der Waals surface area contributed by atoms with E-state index in [0.29, 0.717) is 6.04 Å². The van der Waals surface area contributed by atoms with Gasteiger partial charge in [0, 0.05) is 6.04 Å². The zero-order valence-corrected chi connectivity index (χ0v) is 8.06. The van der Waals surface area contributed by atoms with Crippen molar-refractivity contribution in [3.05, 3.63) is 12.7 Å². The molecule has 0 radical (unpaired) electrons. The molecular weight excluding hydrogens is 134 g/mol. The molecule has 2 unspecified atom stereocenters. The van der Waals surface area contributed by atoms with E-state index in [2.05, 4.69) is 25.7 Å². The molecule has 0 saturated heterocycles. The van der Waals surface area contributed by atoms with Gasteiger partial charge in [-0.3, -0.25) is 0 Å². The molecule has 0 aliphatic heterocycles. The van der Waals surface area contributed by atoms with Gasteiger partial charge < -0.3 is 5.32 Å². The third-order valence-corrected chi connectivity index (χ3v) is 2.22. The highest BCUT2D eigenvalue weighted by Gasteiger charge is 2.11. The molecule has 1 N–H and O–H groups in total. The molecule has 11 heavy (non-hydrogen) atoms. The second kappa shape index (κ2) is 6.41. The van der Waals surface area contributed by atoms with Crippen LogP contribution >= 0.6 is 0 Å². The largest absolute Gasteiger partial charge is 0.316 e. The molecule has 1 nitrogen and oxygen atoms in total. The van der Waals surface area contributed by atoms with Gasteiger partial charge >= 0.3 is 0 Å². The van der Waals surface area contributed by atoms with Crippen LogP contribution in [0, 0.1) is 5.92 Å². The van der Waals surface area contributed by atoms with E-state index in [0.717, 1.165) is 12.3 Å². The zero-order chi connectivity index (χ0) is 8.69. The van der Waals surface area contributed by atoms with Crippen molar-refractivity contribution in [3.8, 4) is 0 Å². The number of nitrogens with one attached hydrogen (secondary N) is 1. The first-order chi connectivity index (χ1) is 5.26. The Morgan fingerprint density at radius 2 is 2.18 bits per heavy atom. The van der Waals surface area contributed by atoms with Crippen LogP contribution < -0.4 is 5.32 Å². The monoisotopic (exact) mass is 155 g/mol. The third-order valence-electron chi connectivity index (χ3n) is 2.22. The second-order valence-electron chi connectivity index (χ2n) is 3.19. The summed E-state index contributed by atoms with van der Waals surface area (Å²) in [4.78, 5) is 0. The van der Waals surface area contributed by atoms with E-state index in [1.54, 1.807) is 0 Å². The molecule has 0 bridgehead atoms. The molecule has 0 spiro atoms. The first-order valence-corrected chi connectivity index (χ1v) is 4.54. The molecular formula is C10H21N. The van der Waals surface area contributed by atoms with E-state index in [9.17, 15) is 0 Å². The van der Waals surface area contributed by atoms with Crippen molar-refractivity contribution in [2.75, 3.05) is 7.05 Å². The Morgan fingerprint density at radius 1 is 1.55 bits per heavy atom. The fraction of sp³-hybridized carbons (Fsp3) is 0.800. The molecule has 0 saturated carbocycles.